The van der Waals surface area contributed by atoms with Gasteiger partial charge in [-0.05, 0) is 31.3 Å². The van der Waals surface area contributed by atoms with Gasteiger partial charge in [0, 0.05) is 11.9 Å². The third-order valence-corrected chi connectivity index (χ3v) is 2.56. The van der Waals surface area contributed by atoms with Crippen LogP contribution in [-0.2, 0) is 0 Å². The number of hydrogen-bond acceptors (Lipinski definition) is 2. The summed E-state index contributed by atoms with van der Waals surface area (Å²) >= 11 is 4.64. The lowest BCUT2D eigenvalue weighted by Gasteiger charge is -1.99. The first-order valence-corrected chi connectivity index (χ1v) is 5.71. The number of thiocarbonyl (C=S) groups is 1. The third-order valence-electron chi connectivity index (χ3n) is 2.45. The molecule has 0 aliphatic rings. The zero-order valence-electron chi connectivity index (χ0n) is 9.75. The van der Waals surface area contributed by atoms with Crippen LogP contribution in [0.3, 0.4) is 0 Å². The molecule has 1 aromatic heterocycles. The molecule has 0 atom stereocenters. The summed E-state index contributed by atoms with van der Waals surface area (Å²) in [6.45, 7) is 1.79. The van der Waals surface area contributed by atoms with Crippen molar-refractivity contribution < 1.29 is 0 Å². The highest BCUT2D eigenvalue weighted by Gasteiger charge is 2.09. The van der Waals surface area contributed by atoms with E-state index in [1.54, 1.807) is 6.92 Å². The molecule has 3 N–H and O–H groups in total. The highest BCUT2D eigenvalue weighted by molar-refractivity contribution is 7.80. The lowest BCUT2D eigenvalue weighted by atomic mass is 10.3. The Morgan fingerprint density at radius 3 is 2.72 bits per heavy atom. The third kappa shape index (κ3) is 2.38. The molecule has 0 aliphatic carbocycles. The largest absolute Gasteiger partial charge is 0.374 e. The first-order chi connectivity index (χ1) is 8.59. The number of nitrogens with one attached hydrogen (secondary N) is 1. The first-order valence-electron chi connectivity index (χ1n) is 5.30. The predicted octanol–water partition coefficient (Wildman–Crippen LogP) is 1.14. The molecule has 0 spiro atoms. The fraction of sp³-hybridized carbons (Fsp3) is 0.0833. The molecule has 2 aromatic rings. The van der Waals surface area contributed by atoms with Crippen molar-refractivity contribution in [1.29, 1.82) is 0 Å². The smallest absolute Gasteiger partial charge is 0.280 e. The minimum Gasteiger partial charge on any atom is -0.374 e. The van der Waals surface area contributed by atoms with Gasteiger partial charge in [-0.25, -0.2) is 9.67 Å². The topological polar surface area (TPSA) is 76.2 Å². The number of aromatic amines is 1. The molecule has 0 aliphatic heterocycles. The van der Waals surface area contributed by atoms with E-state index in [0.717, 1.165) is 5.69 Å². The van der Waals surface area contributed by atoms with Gasteiger partial charge in [0.1, 0.15) is 0 Å². The molecular formula is C12H12N4OS. The van der Waals surface area contributed by atoms with Crippen LogP contribution in [0, 0.1) is 6.92 Å². The fourth-order valence-electron chi connectivity index (χ4n) is 1.60. The van der Waals surface area contributed by atoms with Crippen molar-refractivity contribution in [1.82, 2.24) is 9.78 Å². The monoisotopic (exact) mass is 260 g/mol. The van der Waals surface area contributed by atoms with E-state index in [2.05, 4.69) is 22.3 Å². The van der Waals surface area contributed by atoms with Crippen LogP contribution in [0.2, 0.25) is 0 Å². The molecular weight excluding hydrogens is 248 g/mol. The van der Waals surface area contributed by atoms with Crippen LogP contribution in [0.5, 0.6) is 0 Å². The summed E-state index contributed by atoms with van der Waals surface area (Å²) in [6.07, 6.45) is 1.38. The highest BCUT2D eigenvalue weighted by atomic mass is 32.1. The predicted molar refractivity (Wildman–Crippen MR) is 75.5 cm³/mol. The van der Waals surface area contributed by atoms with Gasteiger partial charge >= 0.3 is 0 Å². The van der Waals surface area contributed by atoms with Gasteiger partial charge in [0.25, 0.3) is 5.56 Å². The van der Waals surface area contributed by atoms with E-state index < -0.39 is 0 Å². The number of hydrogen-bond donors (Lipinski definition) is 2. The second-order valence-corrected chi connectivity index (χ2v) is 4.14. The molecule has 0 amide bonds. The van der Waals surface area contributed by atoms with Gasteiger partial charge in [-0.15, -0.1) is 0 Å². The quantitative estimate of drug-likeness (QED) is 0.628. The molecule has 0 unspecified atom stereocenters. The van der Waals surface area contributed by atoms with Gasteiger partial charge in [-0.2, -0.15) is 0 Å². The Labute approximate surface area is 109 Å². The summed E-state index contributed by atoms with van der Waals surface area (Å²) in [7, 11) is 0. The summed E-state index contributed by atoms with van der Waals surface area (Å²) in [5.74, 6) is 0. The van der Waals surface area contributed by atoms with E-state index in [1.807, 2.05) is 30.3 Å². The molecule has 1 aromatic carbocycles. The Balaban J connectivity index is 2.51. The SMILES string of the molecule is Cc1[nH]n(-c2ccccc2)c(=O)c1C=NC(N)=S. The number of nitrogens with two attached hydrogens (primary N) is 1. The minimum absolute atomic E-state index is 0.00117. The van der Waals surface area contributed by atoms with E-state index in [9.17, 15) is 4.79 Å². The summed E-state index contributed by atoms with van der Waals surface area (Å²) in [5, 5.41) is 2.98. The van der Waals surface area contributed by atoms with Gasteiger partial charge < -0.3 is 5.73 Å². The summed E-state index contributed by atoms with van der Waals surface area (Å²) in [6, 6.07) is 9.29. The Bertz CT molecular complexity index is 654. The van der Waals surface area contributed by atoms with E-state index in [0.29, 0.717) is 11.3 Å². The summed E-state index contributed by atoms with van der Waals surface area (Å²) in [4.78, 5) is 15.9. The lowest BCUT2D eigenvalue weighted by molar-refractivity contribution is 0.835. The maximum absolute atomic E-state index is 12.2. The normalized spacial score (nSPS) is 10.9. The molecule has 2 rings (SSSR count). The van der Waals surface area contributed by atoms with Crippen LogP contribution < -0.4 is 11.3 Å². The molecule has 92 valence electrons. The van der Waals surface area contributed by atoms with Crippen molar-refractivity contribution in [2.45, 2.75) is 6.92 Å². The molecule has 0 bridgehead atoms. The first kappa shape index (κ1) is 12.3. The zero-order chi connectivity index (χ0) is 13.1. The zero-order valence-corrected chi connectivity index (χ0v) is 10.6. The Kier molecular flexibility index (Phi) is 3.38. The number of aromatic nitrogens is 2. The molecule has 18 heavy (non-hydrogen) atoms. The van der Waals surface area contributed by atoms with Crippen molar-refractivity contribution in [3.05, 3.63) is 51.9 Å². The van der Waals surface area contributed by atoms with Crippen molar-refractivity contribution >= 4 is 23.5 Å². The van der Waals surface area contributed by atoms with Crippen LogP contribution in [0.25, 0.3) is 5.69 Å². The van der Waals surface area contributed by atoms with Crippen molar-refractivity contribution in [3.8, 4) is 5.69 Å². The minimum atomic E-state index is -0.182. The van der Waals surface area contributed by atoms with Crippen LogP contribution >= 0.6 is 12.2 Å². The summed E-state index contributed by atoms with van der Waals surface area (Å²) < 4.78 is 1.45. The molecule has 0 saturated heterocycles. The van der Waals surface area contributed by atoms with Crippen LogP contribution in [0.15, 0.2) is 40.1 Å². The van der Waals surface area contributed by atoms with Crippen molar-refractivity contribution in [2.75, 3.05) is 0 Å². The standard InChI is InChI=1S/C12H12N4OS/c1-8-10(7-14-12(13)18)11(17)16(15-8)9-5-3-2-4-6-9/h2-7,15H,1H3,(H2,13,18). The van der Waals surface area contributed by atoms with Crippen molar-refractivity contribution in [2.24, 2.45) is 10.7 Å². The Morgan fingerprint density at radius 2 is 2.11 bits per heavy atom. The van der Waals surface area contributed by atoms with Gasteiger partial charge in [-0.3, -0.25) is 9.89 Å². The van der Waals surface area contributed by atoms with Gasteiger partial charge in [0.05, 0.1) is 11.3 Å². The number of H-pyrrole nitrogens is 1. The lowest BCUT2D eigenvalue weighted by Crippen LogP contribution is -2.17. The average molecular weight is 260 g/mol. The van der Waals surface area contributed by atoms with Gasteiger partial charge in [0.2, 0.25) is 0 Å². The molecule has 0 saturated carbocycles. The maximum atomic E-state index is 12.2. The van der Waals surface area contributed by atoms with Gasteiger partial charge in [-0.1, -0.05) is 18.2 Å². The van der Waals surface area contributed by atoms with Crippen LogP contribution in [0.4, 0.5) is 0 Å². The second kappa shape index (κ2) is 4.97. The molecule has 0 radical (unpaired) electrons. The highest BCUT2D eigenvalue weighted by Crippen LogP contribution is 2.05. The number of rotatable bonds is 2. The number of aliphatic imine (C=N–C) groups is 1. The number of nitrogens with zero attached hydrogens (tertiary/aromatic N) is 2. The van der Waals surface area contributed by atoms with Crippen LogP contribution in [0.1, 0.15) is 11.3 Å². The second-order valence-electron chi connectivity index (χ2n) is 3.72. The number of para-hydroxylation sites is 1. The maximum Gasteiger partial charge on any atom is 0.280 e. The van der Waals surface area contributed by atoms with Crippen LogP contribution in [-0.4, -0.2) is 21.1 Å². The molecule has 6 heteroatoms. The van der Waals surface area contributed by atoms with E-state index in [1.165, 1.54) is 10.9 Å². The van der Waals surface area contributed by atoms with E-state index in [-0.39, 0.29) is 10.7 Å². The Hall–Kier alpha value is -2.21. The Morgan fingerprint density at radius 1 is 1.44 bits per heavy atom. The van der Waals surface area contributed by atoms with Crippen molar-refractivity contribution in [3.63, 3.8) is 0 Å². The number of benzene rings is 1. The average Bonchev–Trinajstić information content (AvgIpc) is 2.63. The molecule has 5 nitrogen and oxygen atoms in total. The fourth-order valence-corrected chi connectivity index (χ4v) is 1.65. The van der Waals surface area contributed by atoms with Gasteiger partial charge in [0.15, 0.2) is 5.11 Å². The summed E-state index contributed by atoms with van der Waals surface area (Å²) in [5.41, 5.74) is 7.02. The van der Waals surface area contributed by atoms with E-state index >= 15 is 0 Å². The van der Waals surface area contributed by atoms with E-state index in [4.69, 9.17) is 5.73 Å². The molecule has 1 heterocycles. The number of aryl methyl sites for hydroxylation is 1. The molecule has 0 fully saturated rings.